The number of alkyl halides is 3. The maximum atomic E-state index is 12.8. The topological polar surface area (TPSA) is 29.0 Å². The monoisotopic (exact) mass is 447 g/mol. The molecule has 0 spiro atoms. The van der Waals surface area contributed by atoms with Gasteiger partial charge in [0.05, 0.1) is 11.8 Å². The molecule has 0 unspecified atom stereocenters. The van der Waals surface area contributed by atoms with Crippen LogP contribution in [0.15, 0.2) is 30.6 Å². The molecule has 1 atom stereocenters. The molecule has 1 aliphatic rings. The van der Waals surface area contributed by atoms with Gasteiger partial charge in [-0.2, -0.15) is 13.2 Å². The van der Waals surface area contributed by atoms with E-state index in [0.717, 1.165) is 54.9 Å². The van der Waals surface area contributed by atoms with Crippen LogP contribution in [0.3, 0.4) is 0 Å². The van der Waals surface area contributed by atoms with Crippen LogP contribution in [0.2, 0.25) is 0 Å². The van der Waals surface area contributed by atoms with Crippen molar-refractivity contribution in [3.8, 4) is 0 Å². The van der Waals surface area contributed by atoms with Crippen LogP contribution in [0, 0.1) is 19.8 Å². The SMILES string of the molecule is Cc1ccc(CC[C@@H]2CCCN(c3ncnc4sc(CC(F)(F)F)cc34)CC2)c(C)c1. The summed E-state index contributed by atoms with van der Waals surface area (Å²) >= 11 is 1.12. The van der Waals surface area contributed by atoms with Crippen molar-refractivity contribution in [2.24, 2.45) is 5.92 Å². The zero-order valence-electron chi connectivity index (χ0n) is 18.0. The van der Waals surface area contributed by atoms with E-state index in [4.69, 9.17) is 0 Å². The number of halogens is 3. The van der Waals surface area contributed by atoms with Crippen molar-refractivity contribution in [2.75, 3.05) is 18.0 Å². The third-order valence-corrected chi connectivity index (χ3v) is 7.24. The summed E-state index contributed by atoms with van der Waals surface area (Å²) in [5, 5.41) is 0.750. The van der Waals surface area contributed by atoms with Crippen LogP contribution < -0.4 is 4.90 Å². The van der Waals surface area contributed by atoms with E-state index >= 15 is 0 Å². The van der Waals surface area contributed by atoms with Crippen LogP contribution in [0.4, 0.5) is 19.0 Å². The summed E-state index contributed by atoms with van der Waals surface area (Å²) < 4.78 is 38.5. The molecule has 1 fully saturated rings. The lowest BCUT2D eigenvalue weighted by molar-refractivity contribution is -0.126. The van der Waals surface area contributed by atoms with Gasteiger partial charge in [-0.1, -0.05) is 23.8 Å². The lowest BCUT2D eigenvalue weighted by Gasteiger charge is -2.22. The maximum Gasteiger partial charge on any atom is 0.393 e. The van der Waals surface area contributed by atoms with Gasteiger partial charge in [0, 0.05) is 18.0 Å². The van der Waals surface area contributed by atoms with Gasteiger partial charge in [0.2, 0.25) is 0 Å². The Morgan fingerprint density at radius 3 is 2.71 bits per heavy atom. The van der Waals surface area contributed by atoms with Crippen molar-refractivity contribution >= 4 is 27.4 Å². The van der Waals surface area contributed by atoms with Crippen molar-refractivity contribution in [1.82, 2.24) is 9.97 Å². The van der Waals surface area contributed by atoms with Crippen LogP contribution in [0.1, 0.15) is 47.3 Å². The van der Waals surface area contributed by atoms with Crippen LogP contribution in [-0.2, 0) is 12.8 Å². The second kappa shape index (κ2) is 9.15. The van der Waals surface area contributed by atoms with Crippen LogP contribution in [0.25, 0.3) is 10.2 Å². The Labute approximate surface area is 185 Å². The molecule has 0 amide bonds. The summed E-state index contributed by atoms with van der Waals surface area (Å²) in [5.74, 6) is 1.44. The van der Waals surface area contributed by atoms with Gasteiger partial charge >= 0.3 is 6.18 Å². The number of aryl methyl sites for hydroxylation is 3. The summed E-state index contributed by atoms with van der Waals surface area (Å²) in [6.45, 7) is 6.08. The van der Waals surface area contributed by atoms with Crippen molar-refractivity contribution in [2.45, 2.75) is 58.5 Å². The highest BCUT2D eigenvalue weighted by atomic mass is 32.1. The molecule has 0 aliphatic carbocycles. The van der Waals surface area contributed by atoms with Gasteiger partial charge in [0.25, 0.3) is 0 Å². The number of benzene rings is 1. The minimum Gasteiger partial charge on any atom is -0.356 e. The quantitative estimate of drug-likeness (QED) is 0.438. The molecule has 0 bridgehead atoms. The molecule has 166 valence electrons. The second-order valence-corrected chi connectivity index (χ2v) is 9.79. The molecule has 0 radical (unpaired) electrons. The Bertz CT molecular complexity index is 1040. The highest BCUT2D eigenvalue weighted by Crippen LogP contribution is 2.35. The summed E-state index contributed by atoms with van der Waals surface area (Å²) in [6, 6.07) is 8.32. The zero-order chi connectivity index (χ0) is 22.0. The number of anilines is 1. The first-order valence-corrected chi connectivity index (χ1v) is 11.7. The fourth-order valence-corrected chi connectivity index (χ4v) is 5.60. The van der Waals surface area contributed by atoms with Crippen LogP contribution in [-0.4, -0.2) is 29.2 Å². The van der Waals surface area contributed by atoms with Crippen molar-refractivity contribution < 1.29 is 13.2 Å². The summed E-state index contributed by atoms with van der Waals surface area (Å²) in [7, 11) is 0. The standard InChI is InChI=1S/C24H28F3N3S/c1-16-5-7-19(17(2)12-16)8-6-18-4-3-10-30(11-9-18)22-21-13-20(14-24(25,26)27)31-23(21)29-15-28-22/h5,7,12-13,15,18H,3-4,6,8-11,14H2,1-2H3/t18-/m0/s1. The van der Waals surface area contributed by atoms with Crippen molar-refractivity contribution in [1.29, 1.82) is 0 Å². The van der Waals surface area contributed by atoms with Gasteiger partial charge in [0.1, 0.15) is 17.0 Å². The Hall–Kier alpha value is -2.15. The first kappa shape index (κ1) is 22.1. The molecule has 4 rings (SSSR count). The summed E-state index contributed by atoms with van der Waals surface area (Å²) in [6.07, 6.45) is 1.96. The Balaban J connectivity index is 1.43. The molecule has 31 heavy (non-hydrogen) atoms. The number of aromatic nitrogens is 2. The van der Waals surface area contributed by atoms with E-state index in [0.29, 0.717) is 15.6 Å². The van der Waals surface area contributed by atoms with E-state index in [-0.39, 0.29) is 0 Å². The number of hydrogen-bond acceptors (Lipinski definition) is 4. The van der Waals surface area contributed by atoms with Gasteiger partial charge in [-0.15, -0.1) is 11.3 Å². The van der Waals surface area contributed by atoms with Gasteiger partial charge in [-0.25, -0.2) is 9.97 Å². The highest BCUT2D eigenvalue weighted by molar-refractivity contribution is 7.18. The van der Waals surface area contributed by atoms with E-state index in [1.54, 1.807) is 6.07 Å². The number of rotatable bonds is 5. The van der Waals surface area contributed by atoms with Crippen LogP contribution in [0.5, 0.6) is 0 Å². The summed E-state index contributed by atoms with van der Waals surface area (Å²) in [5.41, 5.74) is 4.10. The molecule has 1 aliphatic heterocycles. The Kier molecular flexibility index (Phi) is 6.51. The molecular formula is C24H28F3N3S. The summed E-state index contributed by atoms with van der Waals surface area (Å²) in [4.78, 5) is 11.9. The highest BCUT2D eigenvalue weighted by Gasteiger charge is 2.29. The molecule has 2 aromatic heterocycles. The Morgan fingerprint density at radius 1 is 1.10 bits per heavy atom. The van der Waals surface area contributed by atoms with Gasteiger partial charge < -0.3 is 4.90 Å². The number of nitrogens with zero attached hydrogens (tertiary/aromatic N) is 3. The average Bonchev–Trinajstić information content (AvgIpc) is 2.94. The second-order valence-electron chi connectivity index (χ2n) is 8.67. The molecule has 0 saturated carbocycles. The Morgan fingerprint density at radius 2 is 1.94 bits per heavy atom. The molecule has 0 N–H and O–H groups in total. The average molecular weight is 448 g/mol. The largest absolute Gasteiger partial charge is 0.393 e. The molecule has 1 aromatic carbocycles. The minimum atomic E-state index is -4.21. The predicted octanol–water partition coefficient (Wildman–Crippen LogP) is 6.65. The molecule has 3 nitrogen and oxygen atoms in total. The fourth-order valence-electron chi connectivity index (χ4n) is 4.58. The minimum absolute atomic E-state index is 0.297. The number of fused-ring (bicyclic) bond motifs is 1. The van der Waals surface area contributed by atoms with E-state index in [9.17, 15) is 13.2 Å². The first-order chi connectivity index (χ1) is 14.8. The maximum absolute atomic E-state index is 12.8. The normalized spacial score (nSPS) is 17.8. The number of thiophene rings is 1. The van der Waals surface area contributed by atoms with Gasteiger partial charge in [-0.3, -0.25) is 0 Å². The van der Waals surface area contributed by atoms with E-state index in [1.165, 1.54) is 35.9 Å². The van der Waals surface area contributed by atoms with E-state index in [1.807, 2.05) is 0 Å². The molecule has 7 heteroatoms. The smallest absolute Gasteiger partial charge is 0.356 e. The lowest BCUT2D eigenvalue weighted by Crippen LogP contribution is -2.25. The third kappa shape index (κ3) is 5.56. The van der Waals surface area contributed by atoms with Crippen molar-refractivity contribution in [3.63, 3.8) is 0 Å². The fraction of sp³-hybridized carbons (Fsp3) is 0.500. The van der Waals surface area contributed by atoms with Crippen molar-refractivity contribution in [3.05, 3.63) is 52.2 Å². The van der Waals surface area contributed by atoms with E-state index in [2.05, 4.69) is 46.9 Å². The third-order valence-electron chi connectivity index (χ3n) is 6.20. The lowest BCUT2D eigenvalue weighted by atomic mass is 9.91. The van der Waals surface area contributed by atoms with E-state index < -0.39 is 12.6 Å². The number of hydrogen-bond donors (Lipinski definition) is 0. The predicted molar refractivity (Wildman–Crippen MR) is 121 cm³/mol. The molecule has 3 aromatic rings. The zero-order valence-corrected chi connectivity index (χ0v) is 18.8. The van der Waals surface area contributed by atoms with Gasteiger partial charge in [-0.05, 0) is 69.1 Å². The molecular weight excluding hydrogens is 419 g/mol. The first-order valence-electron chi connectivity index (χ1n) is 10.9. The molecule has 1 saturated heterocycles. The van der Waals surface area contributed by atoms with Gasteiger partial charge in [0.15, 0.2) is 0 Å². The molecule has 3 heterocycles. The van der Waals surface area contributed by atoms with Crippen LogP contribution >= 0.6 is 11.3 Å².